The monoisotopic (exact) mass is 260 g/mol. The predicted molar refractivity (Wildman–Crippen MR) is 59.0 cm³/mol. The van der Waals surface area contributed by atoms with Crippen molar-refractivity contribution < 1.29 is 27.4 Å². The van der Waals surface area contributed by atoms with Crippen LogP contribution in [0.2, 0.25) is 0 Å². The normalized spacial score (nSPS) is 11.6. The molecule has 0 radical (unpaired) electrons. The summed E-state index contributed by atoms with van der Waals surface area (Å²) in [5.41, 5.74) is 0.653. The quantitative estimate of drug-likeness (QED) is 0.617. The largest absolute Gasteiger partial charge is 0.484 e. The molecule has 18 heavy (non-hydrogen) atoms. The van der Waals surface area contributed by atoms with E-state index < -0.39 is 18.8 Å². The third-order valence-electron chi connectivity index (χ3n) is 1.90. The highest BCUT2D eigenvalue weighted by molar-refractivity contribution is 5.86. The van der Waals surface area contributed by atoms with Crippen LogP contribution in [0, 0.1) is 0 Å². The van der Waals surface area contributed by atoms with Gasteiger partial charge in [-0.25, -0.2) is 4.79 Å². The molecule has 0 unspecified atom stereocenters. The van der Waals surface area contributed by atoms with Gasteiger partial charge in [-0.3, -0.25) is 0 Å². The number of rotatable bonds is 4. The number of halogens is 3. The smallest absolute Gasteiger partial charge is 0.422 e. The molecule has 0 aromatic heterocycles. The Kier molecular flexibility index (Phi) is 4.76. The van der Waals surface area contributed by atoms with E-state index in [1.165, 1.54) is 43.5 Å². The molecule has 0 amide bonds. The van der Waals surface area contributed by atoms with Crippen LogP contribution in [-0.4, -0.2) is 25.9 Å². The van der Waals surface area contributed by atoms with Crippen molar-refractivity contribution in [3.63, 3.8) is 0 Å². The molecule has 0 saturated carbocycles. The molecular weight excluding hydrogens is 249 g/mol. The molecule has 0 saturated heterocycles. The SMILES string of the molecule is COC(=O)C=Cc1ccc(OCC(F)(F)F)cc1. The van der Waals surface area contributed by atoms with Crippen LogP contribution in [0.25, 0.3) is 6.08 Å². The van der Waals surface area contributed by atoms with Crippen LogP contribution >= 0.6 is 0 Å². The molecule has 0 N–H and O–H groups in total. The summed E-state index contributed by atoms with van der Waals surface area (Å²) in [6.45, 7) is -1.33. The summed E-state index contributed by atoms with van der Waals surface area (Å²) in [6.07, 6.45) is -1.66. The van der Waals surface area contributed by atoms with Crippen molar-refractivity contribution in [2.45, 2.75) is 6.18 Å². The van der Waals surface area contributed by atoms with E-state index >= 15 is 0 Å². The lowest BCUT2D eigenvalue weighted by Crippen LogP contribution is -2.19. The third kappa shape index (κ3) is 5.38. The van der Waals surface area contributed by atoms with E-state index in [1.54, 1.807) is 0 Å². The zero-order chi connectivity index (χ0) is 13.6. The molecule has 0 aliphatic heterocycles. The second-order valence-corrected chi connectivity index (χ2v) is 3.33. The van der Waals surface area contributed by atoms with Gasteiger partial charge in [0.05, 0.1) is 7.11 Å². The number of ether oxygens (including phenoxy) is 2. The minimum Gasteiger partial charge on any atom is -0.484 e. The Morgan fingerprint density at radius 1 is 1.28 bits per heavy atom. The zero-order valence-corrected chi connectivity index (χ0v) is 9.53. The first-order valence-electron chi connectivity index (χ1n) is 4.96. The van der Waals surface area contributed by atoms with Gasteiger partial charge in [0, 0.05) is 6.08 Å². The number of carbonyl (C=O) groups excluding carboxylic acids is 1. The van der Waals surface area contributed by atoms with Gasteiger partial charge in [0.2, 0.25) is 0 Å². The van der Waals surface area contributed by atoms with Gasteiger partial charge in [0.1, 0.15) is 5.75 Å². The van der Waals surface area contributed by atoms with Gasteiger partial charge in [-0.1, -0.05) is 12.1 Å². The van der Waals surface area contributed by atoms with Gasteiger partial charge >= 0.3 is 12.1 Å². The summed E-state index contributed by atoms with van der Waals surface area (Å²) >= 11 is 0. The maximum atomic E-state index is 11.9. The van der Waals surface area contributed by atoms with Crippen LogP contribution in [0.5, 0.6) is 5.75 Å². The van der Waals surface area contributed by atoms with E-state index in [4.69, 9.17) is 0 Å². The summed E-state index contributed by atoms with van der Waals surface area (Å²) in [5.74, 6) is -0.394. The average molecular weight is 260 g/mol. The highest BCUT2D eigenvalue weighted by Crippen LogP contribution is 2.19. The van der Waals surface area contributed by atoms with Crippen molar-refractivity contribution >= 4 is 12.0 Å². The number of esters is 1. The Balaban J connectivity index is 2.58. The van der Waals surface area contributed by atoms with Crippen molar-refractivity contribution in [3.05, 3.63) is 35.9 Å². The lowest BCUT2D eigenvalue weighted by atomic mass is 10.2. The van der Waals surface area contributed by atoms with E-state index in [0.717, 1.165) is 0 Å². The fraction of sp³-hybridized carbons (Fsp3) is 0.250. The molecule has 0 fully saturated rings. The van der Waals surface area contributed by atoms with Crippen LogP contribution in [-0.2, 0) is 9.53 Å². The minimum absolute atomic E-state index is 0.113. The van der Waals surface area contributed by atoms with E-state index in [1.807, 2.05) is 0 Å². The molecule has 0 heterocycles. The van der Waals surface area contributed by atoms with Crippen LogP contribution in [0.15, 0.2) is 30.3 Å². The maximum Gasteiger partial charge on any atom is 0.422 e. The number of hydrogen-bond donors (Lipinski definition) is 0. The third-order valence-corrected chi connectivity index (χ3v) is 1.90. The molecule has 1 rings (SSSR count). The van der Waals surface area contributed by atoms with Crippen molar-refractivity contribution in [2.75, 3.05) is 13.7 Å². The summed E-state index contributed by atoms with van der Waals surface area (Å²) in [7, 11) is 1.25. The molecule has 0 aliphatic rings. The van der Waals surface area contributed by atoms with Crippen LogP contribution in [0.3, 0.4) is 0 Å². The summed E-state index contributed by atoms with van der Waals surface area (Å²) in [5, 5.41) is 0. The molecule has 0 spiro atoms. The van der Waals surface area contributed by atoms with Gasteiger partial charge in [0.25, 0.3) is 0 Å². The zero-order valence-electron chi connectivity index (χ0n) is 9.53. The molecule has 3 nitrogen and oxygen atoms in total. The first-order valence-corrected chi connectivity index (χ1v) is 4.96. The Hall–Kier alpha value is -1.98. The topological polar surface area (TPSA) is 35.5 Å². The molecule has 0 atom stereocenters. The molecule has 6 heteroatoms. The van der Waals surface area contributed by atoms with Crippen molar-refractivity contribution in [1.29, 1.82) is 0 Å². The lowest BCUT2D eigenvalue weighted by Gasteiger charge is -2.08. The molecule has 98 valence electrons. The first-order chi connectivity index (χ1) is 8.40. The summed E-state index contributed by atoms with van der Waals surface area (Å²) < 4.78 is 44.6. The maximum absolute atomic E-state index is 11.9. The van der Waals surface area contributed by atoms with Gasteiger partial charge in [-0.2, -0.15) is 13.2 Å². The average Bonchev–Trinajstić information content (AvgIpc) is 2.33. The molecule has 0 bridgehead atoms. The van der Waals surface area contributed by atoms with Gasteiger partial charge < -0.3 is 9.47 Å². The number of benzene rings is 1. The van der Waals surface area contributed by atoms with Gasteiger partial charge in [-0.05, 0) is 23.8 Å². The summed E-state index contributed by atoms with van der Waals surface area (Å²) in [6, 6.07) is 5.85. The van der Waals surface area contributed by atoms with E-state index in [0.29, 0.717) is 5.56 Å². The van der Waals surface area contributed by atoms with Gasteiger partial charge in [0.15, 0.2) is 6.61 Å². The van der Waals surface area contributed by atoms with Crippen molar-refractivity contribution in [3.8, 4) is 5.75 Å². The Bertz CT molecular complexity index is 421. The summed E-state index contributed by atoms with van der Waals surface area (Å²) in [4.78, 5) is 10.8. The predicted octanol–water partition coefficient (Wildman–Crippen LogP) is 2.81. The van der Waals surface area contributed by atoms with E-state index in [2.05, 4.69) is 9.47 Å². The fourth-order valence-corrected chi connectivity index (χ4v) is 1.07. The van der Waals surface area contributed by atoms with Crippen LogP contribution in [0.1, 0.15) is 5.56 Å². The molecule has 0 aliphatic carbocycles. The second kappa shape index (κ2) is 6.09. The number of alkyl halides is 3. The lowest BCUT2D eigenvalue weighted by molar-refractivity contribution is -0.153. The fourth-order valence-electron chi connectivity index (χ4n) is 1.07. The number of methoxy groups -OCH3 is 1. The molecule has 1 aromatic rings. The molecular formula is C12H11F3O3. The molecule has 1 aromatic carbocycles. The van der Waals surface area contributed by atoms with Gasteiger partial charge in [-0.15, -0.1) is 0 Å². The Labute approximate surface area is 102 Å². The van der Waals surface area contributed by atoms with E-state index in [-0.39, 0.29) is 5.75 Å². The highest BCUT2D eigenvalue weighted by Gasteiger charge is 2.28. The Morgan fingerprint density at radius 3 is 2.39 bits per heavy atom. The second-order valence-electron chi connectivity index (χ2n) is 3.33. The first kappa shape index (κ1) is 14.1. The highest BCUT2D eigenvalue weighted by atomic mass is 19.4. The minimum atomic E-state index is -4.36. The van der Waals surface area contributed by atoms with E-state index in [9.17, 15) is 18.0 Å². The standard InChI is InChI=1S/C12H11F3O3/c1-17-11(16)7-4-9-2-5-10(6-3-9)18-8-12(13,14)15/h2-7H,8H2,1H3. The van der Waals surface area contributed by atoms with Crippen LogP contribution in [0.4, 0.5) is 13.2 Å². The Morgan fingerprint density at radius 2 is 1.89 bits per heavy atom. The van der Waals surface area contributed by atoms with Crippen molar-refractivity contribution in [2.24, 2.45) is 0 Å². The number of hydrogen-bond acceptors (Lipinski definition) is 3. The number of carbonyl (C=O) groups is 1. The van der Waals surface area contributed by atoms with Crippen molar-refractivity contribution in [1.82, 2.24) is 0 Å². The van der Waals surface area contributed by atoms with Crippen LogP contribution < -0.4 is 4.74 Å².